The van der Waals surface area contributed by atoms with Crippen molar-refractivity contribution < 1.29 is 47.4 Å². The molecule has 10 heteroatoms. The number of hydrogen-bond acceptors (Lipinski definition) is 10. The number of hydrogen-bond donors (Lipinski definition) is 0. The van der Waals surface area contributed by atoms with Crippen LogP contribution in [0.25, 0.3) is 32.7 Å². The Balaban J connectivity index is 0.000000144. The fourth-order valence-corrected chi connectivity index (χ4v) is 12.7. The Morgan fingerprint density at radius 3 is 0.821 bits per heavy atom. The quantitative estimate of drug-likeness (QED) is 0.0541. The number of ether oxygens (including phenoxy) is 10. The van der Waals surface area contributed by atoms with Crippen LogP contribution in [-0.2, 0) is 29.1 Å². The van der Waals surface area contributed by atoms with E-state index in [2.05, 4.69) is 298 Å². The summed E-state index contributed by atoms with van der Waals surface area (Å²) in [7, 11) is 0. The highest BCUT2D eigenvalue weighted by Crippen LogP contribution is 2.56. The summed E-state index contributed by atoms with van der Waals surface area (Å²) in [6.45, 7) is 23.9. The Morgan fingerprint density at radius 1 is 0.302 bits per heavy atom. The van der Waals surface area contributed by atoms with E-state index < -0.39 is 5.41 Å². The van der Waals surface area contributed by atoms with Crippen LogP contribution < -0.4 is 23.7 Å². The molecule has 0 aromatic heterocycles. The van der Waals surface area contributed by atoms with Crippen LogP contribution in [-0.4, -0.2) is 96.6 Å². The van der Waals surface area contributed by atoms with Gasteiger partial charge in [-0.1, -0.05) is 277 Å². The van der Waals surface area contributed by atoms with Crippen molar-refractivity contribution in [3.63, 3.8) is 0 Å². The smallest absolute Gasteiger partial charge is 0.119 e. The molecule has 10 nitrogen and oxygen atoms in total. The molecule has 0 radical (unpaired) electrons. The van der Waals surface area contributed by atoms with Crippen LogP contribution in [0.15, 0.2) is 279 Å². The zero-order valence-electron chi connectivity index (χ0n) is 62.1. The Kier molecular flexibility index (Phi) is 27.8. The first-order chi connectivity index (χ1) is 51.5. The van der Waals surface area contributed by atoms with Gasteiger partial charge in [0.15, 0.2) is 0 Å². The second kappa shape index (κ2) is 38.3. The van der Waals surface area contributed by atoms with Crippen molar-refractivity contribution in [3.05, 3.63) is 340 Å². The first kappa shape index (κ1) is 77.1. The van der Waals surface area contributed by atoms with Crippen LogP contribution in [0, 0.1) is 27.7 Å². The number of epoxide rings is 5. The van der Waals surface area contributed by atoms with Gasteiger partial charge in [-0.3, -0.25) is 0 Å². The molecule has 0 spiro atoms. The molecule has 106 heavy (non-hydrogen) atoms. The summed E-state index contributed by atoms with van der Waals surface area (Å²) in [4.78, 5) is 0. The van der Waals surface area contributed by atoms with Gasteiger partial charge in [0, 0.05) is 5.92 Å². The standard InChI is InChI=1S/C31H26O4.C28H28O6.2C11H10.C8H10.2C3H8.CH4/c1-3-7-29-27(5-1)28-6-2-4-8-30(28)31(29,21-9-13-23(14-10-21)32-17-25-19-34-25)22-11-15-24(16-12-22)33-18-26-20-35-26;1-7-22(29-13-25-16-32-25)8-2-19(1)28(20-3-9-23(10-4-20)30-14-26-17-33-26)21-5-11-24(12-6-21)31-15-27-18-34-27;2*1-9-5-4-7-10-6-2-3-8-11(9)10;1-7-3-5-8(2)6-4-7;2*1-3-2;/h1-16,25-26H,17-20H2;1-12,25-28H,13-18H2;2*2-8H,1H3;3-6H,1-2H3;2*3H2,1-2H3;1H4. The molecular weight excluding hydrogens is 1310 g/mol. The average Bonchev–Trinajstić information content (AvgIpc) is 1.52. The van der Waals surface area contributed by atoms with E-state index in [9.17, 15) is 0 Å². The molecule has 5 fully saturated rings. The van der Waals surface area contributed by atoms with E-state index in [0.717, 1.165) is 61.8 Å². The van der Waals surface area contributed by atoms with Crippen molar-refractivity contribution in [2.24, 2.45) is 0 Å². The van der Waals surface area contributed by atoms with Crippen molar-refractivity contribution in [1.29, 1.82) is 0 Å². The van der Waals surface area contributed by atoms with Gasteiger partial charge in [0.25, 0.3) is 0 Å². The van der Waals surface area contributed by atoms with Gasteiger partial charge in [-0.05, 0) is 171 Å². The summed E-state index contributed by atoms with van der Waals surface area (Å²) < 4.78 is 55.7. The van der Waals surface area contributed by atoms with Gasteiger partial charge in [-0.15, -0.1) is 0 Å². The van der Waals surface area contributed by atoms with Gasteiger partial charge in [-0.2, -0.15) is 0 Å². The molecule has 12 aromatic rings. The van der Waals surface area contributed by atoms with Gasteiger partial charge >= 0.3 is 0 Å². The topological polar surface area (TPSA) is 109 Å². The highest BCUT2D eigenvalue weighted by Gasteiger charge is 2.46. The van der Waals surface area contributed by atoms with E-state index in [1.54, 1.807) is 0 Å². The molecule has 12 aromatic carbocycles. The van der Waals surface area contributed by atoms with Gasteiger partial charge in [-0.25, -0.2) is 0 Å². The first-order valence-electron chi connectivity index (χ1n) is 37.3. The molecule has 6 aliphatic rings. The molecule has 0 bridgehead atoms. The van der Waals surface area contributed by atoms with Crippen LogP contribution in [0.3, 0.4) is 0 Å². The summed E-state index contributed by atoms with van der Waals surface area (Å²) in [5, 5.41) is 5.37. The van der Waals surface area contributed by atoms with Crippen molar-refractivity contribution in [3.8, 4) is 39.9 Å². The third kappa shape index (κ3) is 21.6. The lowest BCUT2D eigenvalue weighted by Crippen LogP contribution is -2.28. The third-order valence-corrected chi connectivity index (χ3v) is 18.6. The van der Waals surface area contributed by atoms with E-state index in [1.807, 2.05) is 36.4 Å². The van der Waals surface area contributed by atoms with E-state index in [4.69, 9.17) is 47.4 Å². The monoisotopic (exact) mass is 1420 g/mol. The maximum absolute atomic E-state index is 5.94. The molecule has 5 unspecified atom stereocenters. The van der Waals surface area contributed by atoms with Gasteiger partial charge in [0.05, 0.1) is 38.4 Å². The molecule has 5 atom stereocenters. The number of rotatable bonds is 20. The minimum atomic E-state index is -0.427. The lowest BCUT2D eigenvalue weighted by Gasteiger charge is -2.34. The zero-order valence-corrected chi connectivity index (χ0v) is 62.1. The zero-order chi connectivity index (χ0) is 72.7. The van der Waals surface area contributed by atoms with Crippen molar-refractivity contribution in [2.75, 3.05) is 66.1 Å². The largest absolute Gasteiger partial charge is 0.491 e. The first-order valence-corrected chi connectivity index (χ1v) is 37.3. The molecule has 0 saturated carbocycles. The molecule has 1 aliphatic carbocycles. The molecular formula is C96H104O10. The van der Waals surface area contributed by atoms with Gasteiger partial charge < -0.3 is 47.4 Å². The number of benzene rings is 12. The second-order valence-electron chi connectivity index (χ2n) is 27.5. The molecule has 5 saturated heterocycles. The summed E-state index contributed by atoms with van der Waals surface area (Å²) in [6.07, 6.45) is 3.70. The Bertz CT molecular complexity index is 4250. The van der Waals surface area contributed by atoms with Crippen LogP contribution in [0.4, 0.5) is 0 Å². The normalized spacial score (nSPS) is 17.4. The maximum atomic E-state index is 5.94. The van der Waals surface area contributed by atoms with Crippen LogP contribution in [0.5, 0.6) is 28.7 Å². The Hall–Kier alpha value is -10.0. The third-order valence-electron chi connectivity index (χ3n) is 18.6. The van der Waals surface area contributed by atoms with E-state index >= 15 is 0 Å². The summed E-state index contributed by atoms with van der Waals surface area (Å²) >= 11 is 0. The van der Waals surface area contributed by atoms with Crippen molar-refractivity contribution in [2.45, 2.75) is 118 Å². The van der Waals surface area contributed by atoms with Gasteiger partial charge in [0.1, 0.15) is 92.3 Å². The fraction of sp³-hybridized carbons (Fsp3) is 0.292. The van der Waals surface area contributed by atoms with E-state index in [-0.39, 0.29) is 43.9 Å². The molecule has 18 rings (SSSR count). The SMILES string of the molecule is C.CCC.CCC.Cc1ccc(C)cc1.Cc1cccc2ccccc12.Cc1cccc2ccccc12.c1cc(C(c2ccc(OCC3CO3)cc2)c2ccc(OCC3CO3)cc2)ccc1OCC1CO1.c1ccc2c(c1)-c1ccccc1C2(c1ccc(OCC2CO2)cc1)c1ccc(OCC2CO2)cc1. The lowest BCUT2D eigenvalue weighted by molar-refractivity contribution is 0.263. The summed E-state index contributed by atoms with van der Waals surface area (Å²) in [6, 6.07) is 97.8. The molecule has 5 aliphatic heterocycles. The average molecular weight is 1420 g/mol. The Morgan fingerprint density at radius 2 is 0.547 bits per heavy atom. The fourth-order valence-electron chi connectivity index (χ4n) is 12.7. The predicted octanol–water partition coefficient (Wildman–Crippen LogP) is 21.9. The van der Waals surface area contributed by atoms with E-state index in [1.165, 1.54) is 107 Å². The van der Waals surface area contributed by atoms with Crippen LogP contribution in [0.1, 0.15) is 115 Å². The highest BCUT2D eigenvalue weighted by atomic mass is 16.6. The molecule has 548 valence electrons. The number of fused-ring (bicyclic) bond motifs is 5. The molecule has 5 heterocycles. The minimum absolute atomic E-state index is 0. The van der Waals surface area contributed by atoms with Crippen molar-refractivity contribution in [1.82, 2.24) is 0 Å². The van der Waals surface area contributed by atoms with Gasteiger partial charge in [0.2, 0.25) is 0 Å². The number of aryl methyl sites for hydroxylation is 4. The second-order valence-corrected chi connectivity index (χ2v) is 27.5. The lowest BCUT2D eigenvalue weighted by atomic mass is 9.68. The summed E-state index contributed by atoms with van der Waals surface area (Å²) in [5.41, 5.74) is 16.1. The maximum Gasteiger partial charge on any atom is 0.119 e. The van der Waals surface area contributed by atoms with Crippen LogP contribution >= 0.6 is 0 Å². The van der Waals surface area contributed by atoms with Crippen molar-refractivity contribution >= 4 is 21.5 Å². The highest BCUT2D eigenvalue weighted by molar-refractivity contribution is 5.87. The Labute approximate surface area is 629 Å². The van der Waals surface area contributed by atoms with Crippen LogP contribution in [0.2, 0.25) is 0 Å². The predicted molar refractivity (Wildman–Crippen MR) is 432 cm³/mol. The molecule has 0 amide bonds. The van der Waals surface area contributed by atoms with E-state index in [0.29, 0.717) is 33.0 Å². The molecule has 0 N–H and O–H groups in total. The minimum Gasteiger partial charge on any atom is -0.491 e. The summed E-state index contributed by atoms with van der Waals surface area (Å²) in [5.74, 6) is 4.37.